The van der Waals surface area contributed by atoms with E-state index in [0.717, 1.165) is 53.5 Å². The maximum Gasteiger partial charge on any atom is 0.573 e. The lowest BCUT2D eigenvalue weighted by atomic mass is 10.0. The van der Waals surface area contributed by atoms with Gasteiger partial charge in [-0.1, -0.05) is 68.1 Å². The number of nitrogens with zero attached hydrogens (tertiary/aromatic N) is 5. The molecule has 1 aromatic heterocycles. The molecule has 2 heterocycles. The number of aryl methyl sites for hydroxylation is 1. The largest absolute Gasteiger partial charge is 0.573 e. The Bertz CT molecular complexity index is 1570. The van der Waals surface area contributed by atoms with E-state index in [9.17, 15) is 18.0 Å². The van der Waals surface area contributed by atoms with Crippen molar-refractivity contribution in [1.82, 2.24) is 14.8 Å². The molecule has 0 bridgehead atoms. The summed E-state index contributed by atoms with van der Waals surface area (Å²) in [4.78, 5) is 23.7. The minimum Gasteiger partial charge on any atom is -0.406 e. The number of amides is 1. The number of aromatic nitrogens is 3. The molecule has 0 saturated carbocycles. The number of hydrogen-bond donors (Lipinski definition) is 0. The topological polar surface area (TPSA) is 72.6 Å². The van der Waals surface area contributed by atoms with Gasteiger partial charge in [-0.05, 0) is 66.6 Å². The van der Waals surface area contributed by atoms with Crippen LogP contribution in [0.5, 0.6) is 5.75 Å². The van der Waals surface area contributed by atoms with E-state index in [4.69, 9.17) is 0 Å². The highest BCUT2D eigenvalue weighted by Gasteiger charge is 2.31. The third kappa shape index (κ3) is 8.04. The lowest BCUT2D eigenvalue weighted by Gasteiger charge is -2.22. The summed E-state index contributed by atoms with van der Waals surface area (Å²) in [5, 5.41) is 5.24. The van der Waals surface area contributed by atoms with Crippen LogP contribution in [0.1, 0.15) is 50.2 Å². The molecule has 0 spiro atoms. The van der Waals surface area contributed by atoms with E-state index in [-0.39, 0.29) is 11.7 Å². The van der Waals surface area contributed by atoms with Crippen LogP contribution in [-0.2, 0) is 11.2 Å². The molecule has 1 saturated heterocycles. The zero-order valence-corrected chi connectivity index (χ0v) is 24.7. The monoisotopic (exact) mass is 607 g/mol. The molecular weight excluding hydrogens is 575 g/mol. The summed E-state index contributed by atoms with van der Waals surface area (Å²) in [5.74, 6) is 1.42. The van der Waals surface area contributed by atoms with Gasteiger partial charge < -0.3 is 9.64 Å². The standard InChI is InChI=1S/C32H32F3N5O2S/c1-22(2)27-8-4-5-9-28(27)39-19-20-43-31(39)37-29(41)10-6-3-7-23-11-13-24(14-12-23)30-36-21-40(38-30)25-15-17-26(18-16-25)42-32(33,34)35/h4-5,8-9,11-18,21-22H,3,6-7,10,19-20H2,1-2H3. The van der Waals surface area contributed by atoms with E-state index in [1.807, 2.05) is 36.4 Å². The molecule has 224 valence electrons. The van der Waals surface area contributed by atoms with Crippen LogP contribution in [0.25, 0.3) is 17.1 Å². The van der Waals surface area contributed by atoms with E-state index < -0.39 is 6.36 Å². The maximum atomic E-state index is 12.7. The Labute approximate surface area is 252 Å². The molecule has 1 amide bonds. The quantitative estimate of drug-likeness (QED) is 0.171. The minimum atomic E-state index is -4.74. The average molecular weight is 608 g/mol. The number of para-hydroxylation sites is 1. The van der Waals surface area contributed by atoms with E-state index in [1.54, 1.807) is 11.8 Å². The summed E-state index contributed by atoms with van der Waals surface area (Å²) < 4.78 is 42.6. The van der Waals surface area contributed by atoms with Crippen LogP contribution < -0.4 is 9.64 Å². The lowest BCUT2D eigenvalue weighted by Crippen LogP contribution is -2.26. The van der Waals surface area contributed by atoms with Crippen LogP contribution in [0.2, 0.25) is 0 Å². The van der Waals surface area contributed by atoms with Crippen molar-refractivity contribution in [3.05, 3.63) is 90.3 Å². The van der Waals surface area contributed by atoms with E-state index in [2.05, 4.69) is 50.7 Å². The number of alkyl halides is 3. The Morgan fingerprint density at radius 3 is 2.49 bits per heavy atom. The predicted octanol–water partition coefficient (Wildman–Crippen LogP) is 7.81. The fourth-order valence-corrected chi connectivity index (χ4v) is 5.82. The number of thioether (sulfide) groups is 1. The number of ether oxygens (including phenoxy) is 1. The van der Waals surface area contributed by atoms with Crippen molar-refractivity contribution in [2.75, 3.05) is 17.2 Å². The SMILES string of the molecule is CC(C)c1ccccc1N1CCSC1=NC(=O)CCCCc1ccc(-c2ncn(-c3ccc(OC(F)(F)F)cc3)n2)cc1. The van der Waals surface area contributed by atoms with Gasteiger partial charge in [-0.3, -0.25) is 4.79 Å². The molecule has 43 heavy (non-hydrogen) atoms. The highest BCUT2D eigenvalue weighted by atomic mass is 32.2. The molecule has 0 radical (unpaired) electrons. The summed E-state index contributed by atoms with van der Waals surface area (Å²) >= 11 is 1.63. The summed E-state index contributed by atoms with van der Waals surface area (Å²) in [7, 11) is 0. The second-order valence-corrected chi connectivity index (χ2v) is 11.5. The third-order valence-electron chi connectivity index (χ3n) is 6.99. The Hall–Kier alpha value is -4.12. The van der Waals surface area contributed by atoms with Gasteiger partial charge >= 0.3 is 6.36 Å². The van der Waals surface area contributed by atoms with Gasteiger partial charge in [-0.2, -0.15) is 4.99 Å². The van der Waals surface area contributed by atoms with E-state index in [0.29, 0.717) is 23.9 Å². The van der Waals surface area contributed by atoms with Crippen molar-refractivity contribution in [3.63, 3.8) is 0 Å². The number of halogens is 3. The highest BCUT2D eigenvalue weighted by Crippen LogP contribution is 2.32. The first kappa shape index (κ1) is 30.3. The van der Waals surface area contributed by atoms with Gasteiger partial charge in [-0.15, -0.1) is 18.3 Å². The van der Waals surface area contributed by atoms with Crippen molar-refractivity contribution >= 4 is 28.5 Å². The molecule has 1 fully saturated rings. The summed E-state index contributed by atoms with van der Waals surface area (Å²) in [6.07, 6.45) is -0.367. The van der Waals surface area contributed by atoms with Crippen molar-refractivity contribution in [2.45, 2.75) is 51.8 Å². The van der Waals surface area contributed by atoms with Crippen molar-refractivity contribution in [2.24, 2.45) is 4.99 Å². The Kier molecular flexibility index (Phi) is 9.49. The second kappa shape index (κ2) is 13.5. The number of aliphatic imine (C=N–C) groups is 1. The van der Waals surface area contributed by atoms with Crippen LogP contribution in [0.3, 0.4) is 0 Å². The number of amidine groups is 1. The van der Waals surface area contributed by atoms with Gasteiger partial charge in [0.25, 0.3) is 0 Å². The van der Waals surface area contributed by atoms with Crippen LogP contribution in [-0.4, -0.2) is 44.5 Å². The number of carbonyl (C=O) groups is 1. The number of unbranched alkanes of at least 4 members (excludes halogenated alkanes) is 1. The first-order valence-electron chi connectivity index (χ1n) is 14.1. The fraction of sp³-hybridized carbons (Fsp3) is 0.312. The smallest absolute Gasteiger partial charge is 0.406 e. The molecule has 11 heteroatoms. The molecule has 0 N–H and O–H groups in total. The predicted molar refractivity (Wildman–Crippen MR) is 164 cm³/mol. The first-order valence-corrected chi connectivity index (χ1v) is 15.1. The van der Waals surface area contributed by atoms with Crippen molar-refractivity contribution in [3.8, 4) is 22.8 Å². The number of carbonyl (C=O) groups excluding carboxylic acids is 1. The zero-order chi connectivity index (χ0) is 30.4. The number of anilines is 1. The molecule has 0 aliphatic carbocycles. The molecule has 0 unspecified atom stereocenters. The Balaban J connectivity index is 1.11. The number of hydrogen-bond acceptors (Lipinski definition) is 5. The van der Waals surface area contributed by atoms with Crippen molar-refractivity contribution < 1.29 is 22.7 Å². The normalized spacial score (nSPS) is 14.6. The van der Waals surface area contributed by atoms with Crippen molar-refractivity contribution in [1.29, 1.82) is 0 Å². The molecule has 5 rings (SSSR count). The summed E-state index contributed by atoms with van der Waals surface area (Å²) in [6.45, 7) is 5.20. The molecule has 7 nitrogen and oxygen atoms in total. The maximum absolute atomic E-state index is 12.7. The molecular formula is C32H32F3N5O2S. The van der Waals surface area contributed by atoms with Gasteiger partial charge in [0, 0.05) is 30.0 Å². The van der Waals surface area contributed by atoms with Crippen LogP contribution in [0.15, 0.2) is 84.1 Å². The first-order chi connectivity index (χ1) is 20.7. The number of benzene rings is 3. The summed E-state index contributed by atoms with van der Waals surface area (Å²) in [5.41, 5.74) is 4.92. The molecule has 4 aromatic rings. The van der Waals surface area contributed by atoms with E-state index in [1.165, 1.54) is 40.8 Å². The molecule has 1 aliphatic rings. The fourth-order valence-electron chi connectivity index (χ4n) is 4.85. The van der Waals surface area contributed by atoms with Gasteiger partial charge in [-0.25, -0.2) is 9.67 Å². The molecule has 3 aromatic carbocycles. The summed E-state index contributed by atoms with van der Waals surface area (Å²) in [6, 6.07) is 21.7. The van der Waals surface area contributed by atoms with Crippen LogP contribution in [0, 0.1) is 0 Å². The van der Waals surface area contributed by atoms with E-state index >= 15 is 0 Å². The molecule has 1 aliphatic heterocycles. The van der Waals surface area contributed by atoms with Crippen LogP contribution >= 0.6 is 11.8 Å². The number of rotatable bonds is 10. The Morgan fingerprint density at radius 2 is 1.77 bits per heavy atom. The van der Waals surface area contributed by atoms with Gasteiger partial charge in [0.15, 0.2) is 11.0 Å². The minimum absolute atomic E-state index is 0.0871. The highest BCUT2D eigenvalue weighted by molar-refractivity contribution is 8.14. The zero-order valence-electron chi connectivity index (χ0n) is 23.9. The van der Waals surface area contributed by atoms with Gasteiger partial charge in [0.2, 0.25) is 5.91 Å². The van der Waals surface area contributed by atoms with Gasteiger partial charge in [0.05, 0.1) is 5.69 Å². The average Bonchev–Trinajstić information content (AvgIpc) is 3.66. The molecule has 0 atom stereocenters. The third-order valence-corrected chi connectivity index (χ3v) is 7.95. The Morgan fingerprint density at radius 1 is 1.02 bits per heavy atom. The van der Waals surface area contributed by atoms with Crippen LogP contribution in [0.4, 0.5) is 18.9 Å². The second-order valence-electron chi connectivity index (χ2n) is 10.5. The van der Waals surface area contributed by atoms with Gasteiger partial charge in [0.1, 0.15) is 12.1 Å². The lowest BCUT2D eigenvalue weighted by molar-refractivity contribution is -0.274.